The zero-order valence-corrected chi connectivity index (χ0v) is 37.6. The van der Waals surface area contributed by atoms with Gasteiger partial charge in [-0.3, -0.25) is 34.2 Å². The highest BCUT2D eigenvalue weighted by Crippen LogP contribution is 2.46. The van der Waals surface area contributed by atoms with Crippen LogP contribution in [0, 0.1) is 11.3 Å². The predicted octanol–water partition coefficient (Wildman–Crippen LogP) is 4.88. The van der Waals surface area contributed by atoms with Crippen molar-refractivity contribution < 1.29 is 33.4 Å². The first-order valence-corrected chi connectivity index (χ1v) is 23.2. The van der Waals surface area contributed by atoms with E-state index in [9.17, 15) is 29.2 Å². The lowest BCUT2D eigenvalue weighted by molar-refractivity contribution is -0.137. The molecule has 15 nitrogen and oxygen atoms in total. The number of carbonyl (C=O) groups is 5. The van der Waals surface area contributed by atoms with Crippen LogP contribution >= 0.6 is 0 Å². The number of imide groups is 1. The van der Waals surface area contributed by atoms with Gasteiger partial charge in [-0.2, -0.15) is 5.26 Å². The summed E-state index contributed by atoms with van der Waals surface area (Å²) in [6.07, 6.45) is 3.78. The second kappa shape index (κ2) is 18.4. The molecule has 65 heavy (non-hydrogen) atoms. The third-order valence-corrected chi connectivity index (χ3v) is 14.3. The number of H-pyrrole nitrogens is 1. The molecule has 3 N–H and O–H groups in total. The van der Waals surface area contributed by atoms with E-state index in [1.54, 1.807) is 17.0 Å². The molecule has 0 radical (unpaired) electrons. The molecule has 3 aromatic carbocycles. The molecule has 4 aromatic rings. The summed E-state index contributed by atoms with van der Waals surface area (Å²) >= 11 is 0. The highest BCUT2D eigenvalue weighted by atomic mass is 16.5. The molecule has 340 valence electrons. The Bertz CT molecular complexity index is 2580. The SMILES string of the molecule is CCc1cc2c(cc1N1CCC(N3CCN(C(=O)CCOCCOCCNc4cccc5c4CN(C4CCC(=O)NC4=O)C5=O)CC3)CC1)C(C)(C)c1[nH]c3cc(C#N)ccc3c1C2=O. The Labute approximate surface area is 379 Å². The van der Waals surface area contributed by atoms with Crippen LogP contribution in [0.15, 0.2) is 48.5 Å². The standard InChI is InChI=1S/C50H58N8O7/c1-4-32-27-36-38(50(2,3)47-45(46(36)61)35-9-8-31(29-51)26-40(35)53-47)28-42(32)56-16-12-33(13-17-56)55-18-20-57(21-19-55)44(60)14-22-64-24-25-65-23-15-52-39-7-5-6-34-37(39)30-58(49(34)63)41-10-11-43(59)54-48(41)62/h5-9,26-28,33,41,52-53H,4,10-25,30H2,1-3H3,(H,54,59,62). The number of aryl methyl sites for hydroxylation is 1. The third kappa shape index (κ3) is 8.51. The lowest BCUT2D eigenvalue weighted by Crippen LogP contribution is -2.54. The van der Waals surface area contributed by atoms with Crippen molar-refractivity contribution in [1.82, 2.24) is 25.0 Å². The van der Waals surface area contributed by atoms with Gasteiger partial charge in [0.2, 0.25) is 17.7 Å². The number of hydrogen-bond donors (Lipinski definition) is 3. The summed E-state index contributed by atoms with van der Waals surface area (Å²) in [6, 6.07) is 17.4. The average molecular weight is 883 g/mol. The number of carbonyl (C=O) groups excluding carboxylic acids is 5. The molecule has 3 saturated heterocycles. The highest BCUT2D eigenvalue weighted by molar-refractivity contribution is 6.20. The number of anilines is 2. The number of ketones is 1. The molecule has 3 fully saturated rings. The van der Waals surface area contributed by atoms with Gasteiger partial charge >= 0.3 is 0 Å². The molecule has 1 unspecified atom stereocenters. The van der Waals surface area contributed by atoms with Crippen molar-refractivity contribution in [3.05, 3.63) is 93.2 Å². The van der Waals surface area contributed by atoms with E-state index in [-0.39, 0.29) is 29.9 Å². The van der Waals surface area contributed by atoms with Crippen molar-refractivity contribution in [2.24, 2.45) is 0 Å². The fourth-order valence-electron chi connectivity index (χ4n) is 10.6. The smallest absolute Gasteiger partial charge is 0.255 e. The van der Waals surface area contributed by atoms with Crippen LogP contribution in [-0.2, 0) is 42.2 Å². The van der Waals surface area contributed by atoms with Crippen LogP contribution in [-0.4, -0.2) is 133 Å². The maximum atomic E-state index is 14.1. The van der Waals surface area contributed by atoms with E-state index in [2.05, 4.69) is 64.4 Å². The average Bonchev–Trinajstić information content (AvgIpc) is 3.88. The molecule has 4 amide bonds. The number of piperidine rings is 2. The number of piperazine rings is 1. The molecular weight excluding hydrogens is 825 g/mol. The number of aromatic amines is 1. The third-order valence-electron chi connectivity index (χ3n) is 14.3. The van der Waals surface area contributed by atoms with Crippen molar-refractivity contribution >= 4 is 51.7 Å². The lowest BCUT2D eigenvalue weighted by atomic mass is 9.70. The number of rotatable bonds is 14. The van der Waals surface area contributed by atoms with Crippen LogP contribution in [0.3, 0.4) is 0 Å². The predicted molar refractivity (Wildman–Crippen MR) is 245 cm³/mol. The Morgan fingerprint density at radius 2 is 1.68 bits per heavy atom. The molecule has 5 aliphatic rings. The molecule has 15 heteroatoms. The molecule has 1 atom stereocenters. The summed E-state index contributed by atoms with van der Waals surface area (Å²) in [4.78, 5) is 76.4. The number of ether oxygens (including phenoxy) is 2. The Hall–Kier alpha value is -6.08. The number of aromatic nitrogens is 1. The van der Waals surface area contributed by atoms with Gasteiger partial charge in [-0.1, -0.05) is 32.9 Å². The number of amides is 4. The lowest BCUT2D eigenvalue weighted by Gasteiger charge is -2.44. The number of fused-ring (bicyclic) bond motifs is 5. The first kappa shape index (κ1) is 44.1. The maximum Gasteiger partial charge on any atom is 0.255 e. The van der Waals surface area contributed by atoms with Crippen LogP contribution in [0.2, 0.25) is 0 Å². The summed E-state index contributed by atoms with van der Waals surface area (Å²) < 4.78 is 11.5. The molecule has 5 heterocycles. The minimum atomic E-state index is -0.655. The van der Waals surface area contributed by atoms with Crippen LogP contribution in [0.4, 0.5) is 11.4 Å². The number of hydrogen-bond acceptors (Lipinski definition) is 11. The van der Waals surface area contributed by atoms with E-state index < -0.39 is 17.4 Å². The van der Waals surface area contributed by atoms with Crippen molar-refractivity contribution in [3.8, 4) is 6.07 Å². The van der Waals surface area contributed by atoms with E-state index in [4.69, 9.17) is 9.47 Å². The normalized spacial score (nSPS) is 19.8. The van der Waals surface area contributed by atoms with E-state index in [1.807, 2.05) is 29.2 Å². The topological polar surface area (TPSA) is 180 Å². The highest BCUT2D eigenvalue weighted by Gasteiger charge is 2.42. The van der Waals surface area contributed by atoms with Crippen LogP contribution in [0.25, 0.3) is 10.9 Å². The van der Waals surface area contributed by atoms with E-state index >= 15 is 0 Å². The number of nitrogens with one attached hydrogen (secondary N) is 3. The monoisotopic (exact) mass is 882 g/mol. The van der Waals surface area contributed by atoms with Gasteiger partial charge in [0.05, 0.1) is 50.0 Å². The summed E-state index contributed by atoms with van der Waals surface area (Å²) in [5.74, 6) is -0.785. The Kier molecular flexibility index (Phi) is 12.5. The molecule has 1 aromatic heterocycles. The summed E-state index contributed by atoms with van der Waals surface area (Å²) in [7, 11) is 0. The van der Waals surface area contributed by atoms with Crippen LogP contribution < -0.4 is 15.5 Å². The summed E-state index contributed by atoms with van der Waals surface area (Å²) in [5, 5.41) is 16.0. The maximum absolute atomic E-state index is 14.1. The number of benzene rings is 3. The first-order chi connectivity index (χ1) is 31.5. The molecule has 0 bridgehead atoms. The second-order valence-electron chi connectivity index (χ2n) is 18.3. The van der Waals surface area contributed by atoms with Gasteiger partial charge in [0.25, 0.3) is 5.91 Å². The molecule has 4 aliphatic heterocycles. The van der Waals surface area contributed by atoms with E-state index in [0.29, 0.717) is 82.6 Å². The first-order valence-electron chi connectivity index (χ1n) is 23.2. The number of nitrogens with zero attached hydrogens (tertiary/aromatic N) is 5. The molecule has 0 spiro atoms. The summed E-state index contributed by atoms with van der Waals surface area (Å²) in [5.41, 5.74) is 9.01. The molecule has 0 saturated carbocycles. The molecular formula is C50H58N8O7. The fourth-order valence-corrected chi connectivity index (χ4v) is 10.6. The minimum Gasteiger partial charge on any atom is -0.382 e. The van der Waals surface area contributed by atoms with Crippen molar-refractivity contribution in [2.45, 2.75) is 83.3 Å². The Morgan fingerprint density at radius 3 is 2.42 bits per heavy atom. The Balaban J connectivity index is 0.680. The second-order valence-corrected chi connectivity index (χ2v) is 18.3. The Morgan fingerprint density at radius 1 is 0.908 bits per heavy atom. The fraction of sp³-hybridized carbons (Fsp3) is 0.480. The van der Waals surface area contributed by atoms with Gasteiger partial charge in [-0.25, -0.2) is 0 Å². The zero-order chi connectivity index (χ0) is 45.4. The van der Waals surface area contributed by atoms with Gasteiger partial charge in [0, 0.05) is 115 Å². The van der Waals surface area contributed by atoms with Gasteiger partial charge < -0.3 is 34.5 Å². The van der Waals surface area contributed by atoms with Gasteiger partial charge in [0.1, 0.15) is 6.04 Å². The quantitative estimate of drug-likeness (QED) is 0.116. The minimum absolute atomic E-state index is 0.0417. The van der Waals surface area contributed by atoms with Crippen molar-refractivity contribution in [2.75, 3.05) is 82.5 Å². The van der Waals surface area contributed by atoms with E-state index in [0.717, 1.165) is 90.0 Å². The van der Waals surface area contributed by atoms with Gasteiger partial charge in [-0.15, -0.1) is 0 Å². The summed E-state index contributed by atoms with van der Waals surface area (Å²) in [6.45, 7) is 13.9. The van der Waals surface area contributed by atoms with Crippen LogP contribution in [0.1, 0.15) is 107 Å². The van der Waals surface area contributed by atoms with Crippen LogP contribution in [0.5, 0.6) is 0 Å². The zero-order valence-electron chi connectivity index (χ0n) is 37.6. The largest absolute Gasteiger partial charge is 0.382 e. The molecule has 9 rings (SSSR count). The van der Waals surface area contributed by atoms with Gasteiger partial charge in [-0.05, 0) is 73.2 Å². The van der Waals surface area contributed by atoms with Crippen molar-refractivity contribution in [3.63, 3.8) is 0 Å². The van der Waals surface area contributed by atoms with Crippen molar-refractivity contribution in [1.29, 1.82) is 5.26 Å². The molecule has 1 aliphatic carbocycles. The van der Waals surface area contributed by atoms with E-state index in [1.165, 1.54) is 11.3 Å². The van der Waals surface area contributed by atoms with Gasteiger partial charge in [0.15, 0.2) is 5.78 Å². The number of nitriles is 1.